The second-order valence-corrected chi connectivity index (χ2v) is 3.50. The number of H-pyrrole nitrogens is 1. The summed E-state index contributed by atoms with van der Waals surface area (Å²) in [5.41, 5.74) is -0.0881. The number of hydrogen-bond donors (Lipinski definition) is 4. The van der Waals surface area contributed by atoms with Gasteiger partial charge in [0.25, 0.3) is 5.56 Å². The second-order valence-electron chi connectivity index (χ2n) is 3.50. The summed E-state index contributed by atoms with van der Waals surface area (Å²) in [6, 6.07) is 0. The summed E-state index contributed by atoms with van der Waals surface area (Å²) in [5, 5.41) is 20.6. The molecule has 0 saturated carbocycles. The molecule has 98 valence electrons. The molecule has 0 aliphatic rings. The molecule has 2 heterocycles. The third-order valence-corrected chi connectivity index (χ3v) is 2.28. The Morgan fingerprint density at radius 1 is 1.56 bits per heavy atom. The van der Waals surface area contributed by atoms with Crippen molar-refractivity contribution >= 4 is 17.1 Å². The van der Waals surface area contributed by atoms with Crippen molar-refractivity contribution in [2.24, 2.45) is 0 Å². The van der Waals surface area contributed by atoms with E-state index in [1.54, 1.807) is 7.05 Å². The lowest BCUT2D eigenvalue weighted by Crippen LogP contribution is -2.31. The Bertz CT molecular complexity index is 588. The van der Waals surface area contributed by atoms with E-state index in [9.17, 15) is 4.79 Å². The van der Waals surface area contributed by atoms with Crippen LogP contribution < -0.4 is 15.7 Å². The van der Waals surface area contributed by atoms with Crippen molar-refractivity contribution in [1.82, 2.24) is 19.7 Å². The summed E-state index contributed by atoms with van der Waals surface area (Å²) in [7, 11) is 1.61. The normalized spacial score (nSPS) is 11.1. The fraction of sp³-hybridized carbons (Fsp3) is 0.444. The molecule has 0 atom stereocenters. The van der Waals surface area contributed by atoms with Crippen LogP contribution >= 0.6 is 0 Å². The van der Waals surface area contributed by atoms with Gasteiger partial charge in [0, 0.05) is 7.05 Å². The van der Waals surface area contributed by atoms with Crippen molar-refractivity contribution in [2.75, 3.05) is 25.6 Å². The number of fused-ring (bicyclic) bond motifs is 1. The van der Waals surface area contributed by atoms with Crippen LogP contribution in [0.25, 0.3) is 11.2 Å². The van der Waals surface area contributed by atoms with Crippen LogP contribution in [0.5, 0.6) is 0 Å². The number of rotatable bonds is 5. The zero-order valence-corrected chi connectivity index (χ0v) is 9.62. The first-order valence-electron chi connectivity index (χ1n) is 5.23. The molecule has 0 spiro atoms. The molecule has 0 aromatic carbocycles. The maximum Gasteiger partial charge on any atom is 0.280 e. The summed E-state index contributed by atoms with van der Waals surface area (Å²) in [5.74, 6) is 0.266. The molecule has 0 bridgehead atoms. The number of nitrogens with zero attached hydrogens (tertiary/aromatic N) is 3. The van der Waals surface area contributed by atoms with Gasteiger partial charge in [0.05, 0.1) is 13.2 Å². The number of aromatic amines is 1. The van der Waals surface area contributed by atoms with Crippen molar-refractivity contribution in [3.63, 3.8) is 0 Å². The standard InChI is InChI=1S/C9H13N5O4/c1-10-9-12-7-6(8(17)13-9)11-4-14(7)18-5(2-15)3-16/h4-5,15-16H,2-3H2,1H3,(H2,10,12,13,17). The van der Waals surface area contributed by atoms with Crippen LogP contribution in [-0.4, -0.2) is 56.3 Å². The average molecular weight is 255 g/mol. The number of anilines is 1. The predicted octanol–water partition coefficient (Wildman–Crippen LogP) is -2.06. The minimum Gasteiger partial charge on any atom is -0.403 e. The topological polar surface area (TPSA) is 125 Å². The second kappa shape index (κ2) is 5.02. The Labute approximate surface area is 101 Å². The van der Waals surface area contributed by atoms with Crippen LogP contribution in [0.1, 0.15) is 0 Å². The summed E-state index contributed by atoms with van der Waals surface area (Å²) >= 11 is 0. The largest absolute Gasteiger partial charge is 0.403 e. The van der Waals surface area contributed by atoms with E-state index < -0.39 is 11.7 Å². The number of hydrogen-bond acceptors (Lipinski definition) is 7. The summed E-state index contributed by atoms with van der Waals surface area (Å²) in [6.45, 7) is -0.726. The van der Waals surface area contributed by atoms with Crippen LogP contribution in [0.4, 0.5) is 5.95 Å². The van der Waals surface area contributed by atoms with Crippen molar-refractivity contribution < 1.29 is 15.1 Å². The van der Waals surface area contributed by atoms with Crippen molar-refractivity contribution in [3.8, 4) is 0 Å². The molecular formula is C9H13N5O4. The van der Waals surface area contributed by atoms with Gasteiger partial charge in [0.2, 0.25) is 11.6 Å². The zero-order valence-electron chi connectivity index (χ0n) is 9.62. The van der Waals surface area contributed by atoms with Crippen LogP contribution in [-0.2, 0) is 0 Å². The molecule has 0 fully saturated rings. The van der Waals surface area contributed by atoms with Gasteiger partial charge in [-0.25, -0.2) is 4.98 Å². The minimum atomic E-state index is -0.804. The first-order valence-corrected chi connectivity index (χ1v) is 5.23. The van der Waals surface area contributed by atoms with E-state index in [4.69, 9.17) is 15.1 Å². The third-order valence-electron chi connectivity index (χ3n) is 2.28. The molecule has 4 N–H and O–H groups in total. The molecule has 0 unspecified atom stereocenters. The van der Waals surface area contributed by atoms with E-state index >= 15 is 0 Å². The Hall–Kier alpha value is -2.13. The van der Waals surface area contributed by atoms with E-state index in [0.29, 0.717) is 0 Å². The predicted molar refractivity (Wildman–Crippen MR) is 62.2 cm³/mol. The fourth-order valence-electron chi connectivity index (χ4n) is 1.37. The van der Waals surface area contributed by atoms with Gasteiger partial charge in [0.15, 0.2) is 11.6 Å². The Morgan fingerprint density at radius 3 is 2.89 bits per heavy atom. The molecule has 0 aliphatic heterocycles. The van der Waals surface area contributed by atoms with Gasteiger partial charge in [-0.3, -0.25) is 9.78 Å². The van der Waals surface area contributed by atoms with E-state index in [1.165, 1.54) is 6.33 Å². The van der Waals surface area contributed by atoms with Crippen LogP contribution in [0.3, 0.4) is 0 Å². The van der Waals surface area contributed by atoms with Gasteiger partial charge in [-0.15, -0.1) is 0 Å². The smallest absolute Gasteiger partial charge is 0.280 e. The Morgan fingerprint density at radius 2 is 2.28 bits per heavy atom. The highest BCUT2D eigenvalue weighted by Crippen LogP contribution is 2.06. The highest BCUT2D eigenvalue weighted by molar-refractivity contribution is 5.70. The molecule has 2 aromatic rings. The van der Waals surface area contributed by atoms with E-state index in [0.717, 1.165) is 4.73 Å². The minimum absolute atomic E-state index is 0.114. The quantitative estimate of drug-likeness (QED) is 0.484. The molecule has 2 rings (SSSR count). The number of aromatic nitrogens is 4. The van der Waals surface area contributed by atoms with Gasteiger partial charge in [-0.2, -0.15) is 9.71 Å². The van der Waals surface area contributed by atoms with Gasteiger partial charge in [-0.1, -0.05) is 0 Å². The van der Waals surface area contributed by atoms with Gasteiger partial charge in [0.1, 0.15) is 6.33 Å². The van der Waals surface area contributed by atoms with Crippen LogP contribution in [0.2, 0.25) is 0 Å². The van der Waals surface area contributed by atoms with E-state index in [-0.39, 0.29) is 30.3 Å². The van der Waals surface area contributed by atoms with Gasteiger partial charge in [-0.05, 0) is 0 Å². The maximum absolute atomic E-state index is 11.6. The van der Waals surface area contributed by atoms with E-state index in [1.807, 2.05) is 0 Å². The highest BCUT2D eigenvalue weighted by Gasteiger charge is 2.14. The first-order chi connectivity index (χ1) is 8.69. The van der Waals surface area contributed by atoms with Crippen molar-refractivity contribution in [2.45, 2.75) is 6.10 Å². The van der Waals surface area contributed by atoms with E-state index in [2.05, 4.69) is 20.3 Å². The summed E-state index contributed by atoms with van der Waals surface area (Å²) in [4.78, 5) is 27.3. The zero-order chi connectivity index (χ0) is 13.1. The Balaban J connectivity index is 2.46. The lowest BCUT2D eigenvalue weighted by molar-refractivity contribution is -0.0240. The number of aliphatic hydroxyl groups excluding tert-OH is 2. The lowest BCUT2D eigenvalue weighted by Gasteiger charge is -2.13. The van der Waals surface area contributed by atoms with Crippen molar-refractivity contribution in [3.05, 3.63) is 16.7 Å². The number of imidazole rings is 1. The molecule has 9 nitrogen and oxygen atoms in total. The van der Waals surface area contributed by atoms with Gasteiger partial charge < -0.3 is 20.4 Å². The molecule has 9 heteroatoms. The monoisotopic (exact) mass is 255 g/mol. The number of aliphatic hydroxyl groups is 2. The van der Waals surface area contributed by atoms with Crippen molar-refractivity contribution in [1.29, 1.82) is 0 Å². The van der Waals surface area contributed by atoms with Crippen LogP contribution in [0.15, 0.2) is 11.1 Å². The molecule has 18 heavy (non-hydrogen) atoms. The van der Waals surface area contributed by atoms with Crippen LogP contribution in [0, 0.1) is 0 Å². The molecule has 2 aromatic heterocycles. The Kier molecular flexibility index (Phi) is 3.44. The average Bonchev–Trinajstić information content (AvgIpc) is 2.79. The van der Waals surface area contributed by atoms with Gasteiger partial charge >= 0.3 is 0 Å². The fourth-order valence-corrected chi connectivity index (χ4v) is 1.37. The SMILES string of the molecule is CNc1nc2c(ncn2OC(CO)CO)c(=O)[nH]1. The molecular weight excluding hydrogens is 242 g/mol. The first kappa shape index (κ1) is 12.3. The molecule has 0 amide bonds. The molecule has 0 radical (unpaired) electrons. The lowest BCUT2D eigenvalue weighted by atomic mass is 10.4. The highest BCUT2D eigenvalue weighted by atomic mass is 16.7. The summed E-state index contributed by atoms with van der Waals surface area (Å²) < 4.78 is 1.14. The summed E-state index contributed by atoms with van der Waals surface area (Å²) in [6.07, 6.45) is 0.450. The molecule has 0 saturated heterocycles. The third kappa shape index (κ3) is 2.13. The molecule has 0 aliphatic carbocycles. The maximum atomic E-state index is 11.6. The number of nitrogens with one attached hydrogen (secondary N) is 2.